The number of anilines is 1. The van der Waals surface area contributed by atoms with Crippen LogP contribution in [0.3, 0.4) is 0 Å². The summed E-state index contributed by atoms with van der Waals surface area (Å²) in [6.45, 7) is 7.01. The van der Waals surface area contributed by atoms with Crippen molar-refractivity contribution in [1.29, 1.82) is 0 Å². The summed E-state index contributed by atoms with van der Waals surface area (Å²) >= 11 is 0. The smallest absolute Gasteiger partial charge is 0.245 e. The predicted molar refractivity (Wildman–Crippen MR) is 81.1 cm³/mol. The molecular weight excluding hydrogens is 270 g/mol. The third-order valence-corrected chi connectivity index (χ3v) is 3.57. The van der Waals surface area contributed by atoms with E-state index in [1.165, 1.54) is 0 Å². The molecule has 0 bridgehead atoms. The highest BCUT2D eigenvalue weighted by Gasteiger charge is 2.24. The topological polar surface area (TPSA) is 86.3 Å². The summed E-state index contributed by atoms with van der Waals surface area (Å²) in [5.74, 6) is 0.737. The van der Waals surface area contributed by atoms with Crippen LogP contribution in [0.25, 0.3) is 11.2 Å². The zero-order chi connectivity index (χ0) is 15.6. The van der Waals surface area contributed by atoms with E-state index in [0.29, 0.717) is 30.1 Å². The van der Waals surface area contributed by atoms with Crippen LogP contribution in [0.5, 0.6) is 5.88 Å². The summed E-state index contributed by atoms with van der Waals surface area (Å²) in [6, 6.07) is 3.04. The molecule has 2 N–H and O–H groups in total. The highest BCUT2D eigenvalue weighted by Crippen LogP contribution is 2.24. The zero-order valence-corrected chi connectivity index (χ0v) is 12.8. The minimum absolute atomic E-state index is 0.00406. The maximum Gasteiger partial charge on any atom is 0.245 e. The molecule has 1 amide bonds. The minimum atomic E-state index is -0.463. The third kappa shape index (κ3) is 2.63. The summed E-state index contributed by atoms with van der Waals surface area (Å²) in [4.78, 5) is 22.9. The van der Waals surface area contributed by atoms with Gasteiger partial charge in [-0.1, -0.05) is 0 Å². The van der Waals surface area contributed by atoms with Gasteiger partial charge in [-0.3, -0.25) is 9.36 Å². The van der Waals surface area contributed by atoms with Crippen molar-refractivity contribution < 1.29 is 9.53 Å². The van der Waals surface area contributed by atoms with Crippen molar-refractivity contribution in [2.24, 2.45) is 0 Å². The molecule has 7 nitrogen and oxygen atoms in total. The third-order valence-electron chi connectivity index (χ3n) is 3.57. The number of ether oxygens (including phenoxy) is 1. The van der Waals surface area contributed by atoms with E-state index >= 15 is 0 Å². The molecule has 0 aromatic carbocycles. The molecule has 2 rings (SSSR count). The Morgan fingerprint density at radius 2 is 2.05 bits per heavy atom. The van der Waals surface area contributed by atoms with Crippen LogP contribution in [0, 0.1) is 0 Å². The fourth-order valence-electron chi connectivity index (χ4n) is 2.38. The molecule has 0 fully saturated rings. The number of nitrogens with zero attached hydrogens (tertiary/aromatic N) is 4. The van der Waals surface area contributed by atoms with Crippen molar-refractivity contribution in [3.05, 3.63) is 12.1 Å². The van der Waals surface area contributed by atoms with Gasteiger partial charge < -0.3 is 15.4 Å². The van der Waals surface area contributed by atoms with Gasteiger partial charge >= 0.3 is 0 Å². The molecule has 1 unspecified atom stereocenters. The Bertz CT molecular complexity index is 648. The molecule has 0 radical (unpaired) electrons. The number of nitrogen functional groups attached to an aromatic ring is 1. The number of imidazole rings is 1. The first-order chi connectivity index (χ1) is 10.0. The van der Waals surface area contributed by atoms with Crippen molar-refractivity contribution in [2.45, 2.75) is 26.8 Å². The van der Waals surface area contributed by atoms with E-state index in [0.717, 1.165) is 0 Å². The van der Waals surface area contributed by atoms with Crippen LogP contribution in [0.4, 0.5) is 5.95 Å². The van der Waals surface area contributed by atoms with Gasteiger partial charge in [0.2, 0.25) is 17.7 Å². The normalized spacial score (nSPS) is 12.4. The summed E-state index contributed by atoms with van der Waals surface area (Å²) < 4.78 is 6.78. The number of methoxy groups -OCH3 is 1. The van der Waals surface area contributed by atoms with Crippen molar-refractivity contribution in [3.8, 4) is 5.88 Å². The van der Waals surface area contributed by atoms with Gasteiger partial charge in [0, 0.05) is 19.2 Å². The number of hydrogen-bond donors (Lipinski definition) is 1. The molecule has 0 saturated carbocycles. The second-order valence-corrected chi connectivity index (χ2v) is 4.72. The number of likely N-dealkylation sites (N-methyl/N-ethyl adjacent to an activating group) is 1. The summed E-state index contributed by atoms with van der Waals surface area (Å²) in [5.41, 5.74) is 7.17. The number of pyridine rings is 1. The lowest BCUT2D eigenvalue weighted by Crippen LogP contribution is -2.36. The van der Waals surface area contributed by atoms with Crippen molar-refractivity contribution in [2.75, 3.05) is 25.9 Å². The van der Waals surface area contributed by atoms with E-state index in [1.54, 1.807) is 35.6 Å². The molecule has 0 aliphatic carbocycles. The lowest BCUT2D eigenvalue weighted by Gasteiger charge is -2.24. The Morgan fingerprint density at radius 3 is 2.62 bits per heavy atom. The van der Waals surface area contributed by atoms with Gasteiger partial charge in [-0.15, -0.1) is 0 Å². The minimum Gasteiger partial charge on any atom is -0.481 e. The van der Waals surface area contributed by atoms with Gasteiger partial charge in [0.15, 0.2) is 5.65 Å². The Morgan fingerprint density at radius 1 is 1.38 bits per heavy atom. The quantitative estimate of drug-likeness (QED) is 0.901. The average Bonchev–Trinajstić information content (AvgIpc) is 2.82. The van der Waals surface area contributed by atoms with E-state index in [1.807, 2.05) is 13.8 Å². The lowest BCUT2D eigenvalue weighted by molar-refractivity contribution is -0.133. The first-order valence-electron chi connectivity index (χ1n) is 7.00. The second kappa shape index (κ2) is 5.99. The van der Waals surface area contributed by atoms with Gasteiger partial charge in [0.25, 0.3) is 0 Å². The summed E-state index contributed by atoms with van der Waals surface area (Å²) in [7, 11) is 1.54. The fourth-order valence-corrected chi connectivity index (χ4v) is 2.38. The van der Waals surface area contributed by atoms with E-state index < -0.39 is 6.04 Å². The van der Waals surface area contributed by atoms with Crippen molar-refractivity contribution in [3.63, 3.8) is 0 Å². The zero-order valence-electron chi connectivity index (χ0n) is 12.8. The molecule has 21 heavy (non-hydrogen) atoms. The number of hydrogen-bond acceptors (Lipinski definition) is 5. The molecule has 114 valence electrons. The van der Waals surface area contributed by atoms with Crippen LogP contribution in [0.2, 0.25) is 0 Å². The Hall–Kier alpha value is -2.31. The molecule has 2 aromatic heterocycles. The van der Waals surface area contributed by atoms with E-state index in [9.17, 15) is 4.79 Å². The number of aromatic nitrogens is 3. The Balaban J connectivity index is 2.49. The molecule has 0 spiro atoms. The molecular formula is C14H21N5O2. The summed E-state index contributed by atoms with van der Waals surface area (Å²) in [5, 5.41) is 0. The largest absolute Gasteiger partial charge is 0.481 e. The predicted octanol–water partition coefficient (Wildman–Crippen LogP) is 1.45. The molecule has 2 heterocycles. The van der Waals surface area contributed by atoms with Crippen LogP contribution in [0.15, 0.2) is 12.1 Å². The second-order valence-electron chi connectivity index (χ2n) is 4.72. The van der Waals surface area contributed by atoms with Gasteiger partial charge in [-0.2, -0.15) is 4.98 Å². The monoisotopic (exact) mass is 291 g/mol. The number of carbonyl (C=O) groups is 1. The number of nitrogens with two attached hydrogens (primary N) is 1. The lowest BCUT2D eigenvalue weighted by atomic mass is 10.2. The van der Waals surface area contributed by atoms with Crippen molar-refractivity contribution >= 4 is 23.0 Å². The van der Waals surface area contributed by atoms with Crippen LogP contribution in [0.1, 0.15) is 26.8 Å². The van der Waals surface area contributed by atoms with Gasteiger partial charge in [-0.25, -0.2) is 4.98 Å². The Kier molecular flexibility index (Phi) is 4.30. The number of carbonyl (C=O) groups excluding carboxylic acids is 1. The first kappa shape index (κ1) is 15.1. The van der Waals surface area contributed by atoms with Gasteiger partial charge in [0.1, 0.15) is 11.6 Å². The standard InChI is InChI=1S/C14H21N5O2/c1-5-18(6-2)13(20)9(3)19-12-10(16-14(19)15)7-8-11(17-12)21-4/h7-9H,5-6H2,1-4H3,(H2,15,16). The number of fused-ring (bicyclic) bond motifs is 1. The van der Waals surface area contributed by atoms with Gasteiger partial charge in [-0.05, 0) is 26.8 Å². The number of rotatable bonds is 5. The highest BCUT2D eigenvalue weighted by molar-refractivity contribution is 5.84. The van der Waals surface area contributed by atoms with Crippen LogP contribution < -0.4 is 10.5 Å². The van der Waals surface area contributed by atoms with Crippen LogP contribution in [-0.2, 0) is 4.79 Å². The maximum absolute atomic E-state index is 12.5. The molecule has 0 aliphatic heterocycles. The molecule has 7 heteroatoms. The van der Waals surface area contributed by atoms with E-state index in [4.69, 9.17) is 10.5 Å². The van der Waals surface area contributed by atoms with Crippen LogP contribution in [-0.4, -0.2) is 45.5 Å². The van der Waals surface area contributed by atoms with Crippen LogP contribution >= 0.6 is 0 Å². The SMILES string of the molecule is CCN(CC)C(=O)C(C)n1c(N)nc2ccc(OC)nc21. The maximum atomic E-state index is 12.5. The summed E-state index contributed by atoms with van der Waals surface area (Å²) in [6.07, 6.45) is 0. The van der Waals surface area contributed by atoms with Gasteiger partial charge in [0.05, 0.1) is 7.11 Å². The molecule has 2 aromatic rings. The molecule has 0 aliphatic rings. The molecule has 1 atom stereocenters. The Labute approximate surface area is 123 Å². The van der Waals surface area contributed by atoms with E-state index in [-0.39, 0.29) is 11.9 Å². The van der Waals surface area contributed by atoms with Crippen molar-refractivity contribution in [1.82, 2.24) is 19.4 Å². The fraction of sp³-hybridized carbons (Fsp3) is 0.500. The highest BCUT2D eigenvalue weighted by atomic mass is 16.5. The molecule has 0 saturated heterocycles. The average molecular weight is 291 g/mol. The number of amides is 1. The van der Waals surface area contributed by atoms with E-state index in [2.05, 4.69) is 9.97 Å². The first-order valence-corrected chi connectivity index (χ1v) is 7.00.